The summed E-state index contributed by atoms with van der Waals surface area (Å²) in [6.07, 6.45) is 3.95. The Labute approximate surface area is 152 Å². The summed E-state index contributed by atoms with van der Waals surface area (Å²) in [4.78, 5) is 0. The molecule has 3 fully saturated rings. The van der Waals surface area contributed by atoms with E-state index in [2.05, 4.69) is 6.92 Å². The molecule has 0 aromatic heterocycles. The summed E-state index contributed by atoms with van der Waals surface area (Å²) in [5, 5.41) is 0. The zero-order chi connectivity index (χ0) is 20.7. The Bertz CT molecular complexity index is 814. The monoisotopic (exact) mass is 331 g/mol. The summed E-state index contributed by atoms with van der Waals surface area (Å²) in [5.74, 6) is 1.27. The lowest BCUT2D eigenvalue weighted by Crippen LogP contribution is -2.51. The second kappa shape index (κ2) is 5.32. The maximum Gasteiger partial charge on any atom is 0.174 e. The van der Waals surface area contributed by atoms with Gasteiger partial charge in [-0.1, -0.05) is 32.0 Å². The van der Waals surface area contributed by atoms with Crippen LogP contribution < -0.4 is 0 Å². The SMILES string of the molecule is [2H]C([2H])([2H])C([2H])([2H])c1ccc2c(c1)CC[C@@H]1[C@@H]2CC[C@@]2(C)[C@H]1CCC21OCCO1. The molecule has 0 unspecified atom stereocenters. The molecule has 1 aromatic carbocycles. The molecule has 1 aromatic rings. The first-order valence-electron chi connectivity index (χ1n) is 12.0. The fraction of sp³-hybridized carbons (Fsp3) is 0.727. The minimum absolute atomic E-state index is 0.0703. The second-order valence-corrected chi connectivity index (χ2v) is 8.40. The molecule has 1 heterocycles. The van der Waals surface area contributed by atoms with Crippen LogP contribution in [0.2, 0.25) is 0 Å². The van der Waals surface area contributed by atoms with Crippen LogP contribution in [0.15, 0.2) is 18.2 Å². The van der Waals surface area contributed by atoms with E-state index in [1.165, 1.54) is 5.56 Å². The van der Waals surface area contributed by atoms with E-state index in [-0.39, 0.29) is 16.8 Å². The van der Waals surface area contributed by atoms with Crippen molar-refractivity contribution >= 4 is 0 Å². The summed E-state index contributed by atoms with van der Waals surface area (Å²) in [6, 6.07) is 5.55. The van der Waals surface area contributed by atoms with Crippen molar-refractivity contribution in [2.24, 2.45) is 17.3 Å². The normalized spacial score (nSPS) is 43.7. The minimum Gasteiger partial charge on any atom is -0.347 e. The van der Waals surface area contributed by atoms with Crippen LogP contribution in [-0.4, -0.2) is 19.0 Å². The highest BCUT2D eigenvalue weighted by molar-refractivity contribution is 5.38. The van der Waals surface area contributed by atoms with Gasteiger partial charge in [0, 0.05) is 18.7 Å². The molecule has 4 atom stereocenters. The molecule has 0 bridgehead atoms. The van der Waals surface area contributed by atoms with Crippen LogP contribution in [0.5, 0.6) is 0 Å². The van der Waals surface area contributed by atoms with Crippen LogP contribution in [0.3, 0.4) is 0 Å². The fourth-order valence-corrected chi connectivity index (χ4v) is 6.55. The fourth-order valence-electron chi connectivity index (χ4n) is 6.55. The van der Waals surface area contributed by atoms with Crippen molar-refractivity contribution in [1.29, 1.82) is 0 Å². The predicted molar refractivity (Wildman–Crippen MR) is 95.1 cm³/mol. The topological polar surface area (TPSA) is 18.5 Å². The molecule has 1 spiro atoms. The van der Waals surface area contributed by atoms with Gasteiger partial charge in [0.25, 0.3) is 0 Å². The number of hydrogen-bond acceptors (Lipinski definition) is 2. The Morgan fingerprint density at radius 3 is 2.92 bits per heavy atom. The molecule has 1 saturated heterocycles. The Kier molecular flexibility index (Phi) is 2.43. The standard InChI is InChI=1S/C22H30O2/c1-3-15-4-6-17-16(14-15)5-7-19-18(17)8-10-21(2)20(19)9-11-22(21)23-12-13-24-22/h4,6,14,18-20H,3,5,7-13H2,1-2H3/t18-,19-,20+,21+/m1/s1/i1D3,3D2. The van der Waals surface area contributed by atoms with Gasteiger partial charge in [0.1, 0.15) is 0 Å². The van der Waals surface area contributed by atoms with Gasteiger partial charge in [0.15, 0.2) is 5.79 Å². The number of rotatable bonds is 1. The molecule has 1 aliphatic heterocycles. The maximum absolute atomic E-state index is 8.11. The molecule has 4 aliphatic rings. The lowest BCUT2D eigenvalue weighted by molar-refractivity contribution is -0.237. The van der Waals surface area contributed by atoms with Crippen molar-refractivity contribution in [3.8, 4) is 0 Å². The van der Waals surface area contributed by atoms with E-state index in [4.69, 9.17) is 16.3 Å². The molecular formula is C22H30O2. The number of ether oxygens (including phenoxy) is 2. The highest BCUT2D eigenvalue weighted by Crippen LogP contribution is 2.66. The number of hydrogen-bond donors (Lipinski definition) is 0. The predicted octanol–water partition coefficient (Wildman–Crippen LogP) is 4.85. The van der Waals surface area contributed by atoms with E-state index >= 15 is 0 Å². The minimum atomic E-state index is -2.66. The van der Waals surface area contributed by atoms with Crippen LogP contribution in [0.4, 0.5) is 0 Å². The Morgan fingerprint density at radius 2 is 2.08 bits per heavy atom. The van der Waals surface area contributed by atoms with Crippen LogP contribution in [-0.2, 0) is 22.3 Å². The number of aryl methyl sites for hydroxylation is 2. The molecule has 24 heavy (non-hydrogen) atoms. The second-order valence-electron chi connectivity index (χ2n) is 8.40. The van der Waals surface area contributed by atoms with Crippen molar-refractivity contribution in [1.82, 2.24) is 0 Å². The van der Waals surface area contributed by atoms with Gasteiger partial charge < -0.3 is 9.47 Å². The Morgan fingerprint density at radius 1 is 1.21 bits per heavy atom. The average molecular weight is 332 g/mol. The van der Waals surface area contributed by atoms with Crippen molar-refractivity contribution in [3.63, 3.8) is 0 Å². The van der Waals surface area contributed by atoms with E-state index < -0.39 is 13.2 Å². The van der Waals surface area contributed by atoms with Crippen LogP contribution >= 0.6 is 0 Å². The van der Waals surface area contributed by atoms with Crippen molar-refractivity contribution in [3.05, 3.63) is 34.9 Å². The van der Waals surface area contributed by atoms with E-state index in [1.807, 2.05) is 12.1 Å². The van der Waals surface area contributed by atoms with Gasteiger partial charge in [0.05, 0.1) is 13.2 Å². The molecule has 0 amide bonds. The first-order chi connectivity index (χ1) is 13.6. The Balaban J connectivity index is 1.46. The molecule has 5 rings (SSSR count). The molecule has 2 nitrogen and oxygen atoms in total. The van der Waals surface area contributed by atoms with Gasteiger partial charge in [-0.05, 0) is 72.9 Å². The third-order valence-corrected chi connectivity index (χ3v) is 7.67. The third kappa shape index (κ3) is 1.90. The molecule has 2 saturated carbocycles. The van der Waals surface area contributed by atoms with Crippen molar-refractivity contribution < 1.29 is 16.3 Å². The lowest BCUT2D eigenvalue weighted by atomic mass is 9.55. The van der Waals surface area contributed by atoms with E-state index in [0.717, 1.165) is 44.1 Å². The van der Waals surface area contributed by atoms with Gasteiger partial charge in [-0.15, -0.1) is 0 Å². The van der Waals surface area contributed by atoms with Crippen LogP contribution in [0, 0.1) is 17.3 Å². The highest BCUT2D eigenvalue weighted by atomic mass is 16.7. The van der Waals surface area contributed by atoms with Gasteiger partial charge in [0.2, 0.25) is 0 Å². The van der Waals surface area contributed by atoms with E-state index in [0.29, 0.717) is 31.0 Å². The maximum atomic E-state index is 8.11. The highest BCUT2D eigenvalue weighted by Gasteiger charge is 2.64. The van der Waals surface area contributed by atoms with E-state index in [9.17, 15) is 0 Å². The number of fused-ring (bicyclic) bond motifs is 6. The summed E-state index contributed by atoms with van der Waals surface area (Å²) >= 11 is 0. The quantitative estimate of drug-likeness (QED) is 0.732. The molecule has 0 N–H and O–H groups in total. The van der Waals surface area contributed by atoms with Gasteiger partial charge in [-0.2, -0.15) is 0 Å². The third-order valence-electron chi connectivity index (χ3n) is 7.67. The first-order valence-corrected chi connectivity index (χ1v) is 9.50. The zero-order valence-electron chi connectivity index (χ0n) is 19.4. The first kappa shape index (κ1) is 11.0. The smallest absolute Gasteiger partial charge is 0.174 e. The summed E-state index contributed by atoms with van der Waals surface area (Å²) in [7, 11) is 0. The van der Waals surface area contributed by atoms with Gasteiger partial charge >= 0.3 is 0 Å². The lowest BCUT2D eigenvalue weighted by Gasteiger charge is -2.52. The van der Waals surface area contributed by atoms with Crippen LogP contribution in [0.1, 0.15) is 75.3 Å². The average Bonchev–Trinajstić information content (AvgIpc) is 3.26. The zero-order valence-corrected chi connectivity index (χ0v) is 14.4. The summed E-state index contributed by atoms with van der Waals surface area (Å²) < 4.78 is 51.3. The van der Waals surface area contributed by atoms with Gasteiger partial charge in [-0.3, -0.25) is 0 Å². The molecule has 3 aliphatic carbocycles. The van der Waals surface area contributed by atoms with Crippen molar-refractivity contribution in [2.45, 2.75) is 70.4 Å². The summed E-state index contributed by atoms with van der Waals surface area (Å²) in [6.45, 7) is 1.11. The van der Waals surface area contributed by atoms with Crippen LogP contribution in [0.25, 0.3) is 0 Å². The number of benzene rings is 1. The van der Waals surface area contributed by atoms with E-state index in [1.54, 1.807) is 6.07 Å². The Hall–Kier alpha value is -0.860. The molecule has 130 valence electrons. The summed E-state index contributed by atoms with van der Waals surface area (Å²) in [5.41, 5.74) is 2.80. The van der Waals surface area contributed by atoms with Gasteiger partial charge in [-0.25, -0.2) is 0 Å². The molecular weight excluding hydrogens is 296 g/mol. The van der Waals surface area contributed by atoms with Crippen molar-refractivity contribution in [2.75, 3.05) is 13.2 Å². The largest absolute Gasteiger partial charge is 0.347 e. The molecule has 2 heteroatoms. The molecule has 0 radical (unpaired) electrons.